The highest BCUT2D eigenvalue weighted by Crippen LogP contribution is 2.36. The maximum Gasteiger partial charge on any atom is 0.136 e. The molecule has 0 unspecified atom stereocenters. The average molecular weight is 244 g/mol. The second-order valence-corrected chi connectivity index (χ2v) is 5.63. The van der Waals surface area contributed by atoms with Crippen LogP contribution in [0.25, 0.3) is 9.81 Å². The van der Waals surface area contributed by atoms with E-state index in [2.05, 4.69) is 0 Å². The Morgan fingerprint density at radius 2 is 1.56 bits per heavy atom. The van der Waals surface area contributed by atoms with E-state index < -0.39 is 0 Å². The van der Waals surface area contributed by atoms with Crippen LogP contribution < -0.4 is 10.4 Å². The zero-order valence-corrected chi connectivity index (χ0v) is 10.1. The number of hydrogen-bond donors (Lipinski definition) is 0. The first-order valence-electron chi connectivity index (χ1n) is 4.75. The molecule has 1 aliphatic rings. The van der Waals surface area contributed by atoms with Crippen LogP contribution in [-0.4, -0.2) is 11.5 Å². The van der Waals surface area contributed by atoms with Crippen LogP contribution in [0.4, 0.5) is 0 Å². The molecule has 1 heterocycles. The Balaban J connectivity index is 2.54. The maximum absolute atomic E-state index is 8.74. The molecule has 1 aromatic carbocycles. The van der Waals surface area contributed by atoms with Gasteiger partial charge in [0.25, 0.3) is 0 Å². The van der Waals surface area contributed by atoms with E-state index in [1.165, 1.54) is 9.46 Å². The number of rotatable bonds is 0. The molecule has 0 aromatic heterocycles. The molecule has 0 amide bonds. The van der Waals surface area contributed by atoms with Crippen molar-refractivity contribution in [1.82, 2.24) is 0 Å². The van der Waals surface area contributed by atoms with Crippen molar-refractivity contribution in [1.29, 1.82) is 10.5 Å². The van der Waals surface area contributed by atoms with E-state index in [1.54, 1.807) is 0 Å². The molecule has 0 spiro atoms. The summed E-state index contributed by atoms with van der Waals surface area (Å²) >= 11 is 3.73. The van der Waals surface area contributed by atoms with E-state index in [0.717, 1.165) is 11.5 Å². The molecule has 78 valence electrons. The van der Waals surface area contributed by atoms with Crippen molar-refractivity contribution < 1.29 is 0 Å². The predicted molar refractivity (Wildman–Crippen MR) is 68.7 cm³/mol. The van der Waals surface area contributed by atoms with Crippen molar-refractivity contribution in [2.45, 2.75) is 0 Å². The van der Waals surface area contributed by atoms with Crippen LogP contribution in [0.3, 0.4) is 0 Å². The van der Waals surface area contributed by atoms with Crippen molar-refractivity contribution in [3.63, 3.8) is 0 Å². The Morgan fingerprint density at radius 1 is 1.00 bits per heavy atom. The summed E-state index contributed by atoms with van der Waals surface area (Å²) in [7, 11) is 0. The minimum absolute atomic E-state index is 0.170. The standard InChI is InChI=1S/C12H8N2S2/c13-7-11(8-14)9-1-3-10(4-2-9)12-15-5-6-16-12/h1-4H,5-6H2. The molecule has 2 rings (SSSR count). The van der Waals surface area contributed by atoms with Crippen molar-refractivity contribution in [2.24, 2.45) is 0 Å². The lowest BCUT2D eigenvalue weighted by atomic mass is 10.2. The van der Waals surface area contributed by atoms with Crippen LogP contribution in [0.1, 0.15) is 0 Å². The van der Waals surface area contributed by atoms with Crippen LogP contribution in [0.15, 0.2) is 24.3 Å². The average Bonchev–Trinajstić information content (AvgIpc) is 2.85. The molecule has 0 atom stereocenters. The molecule has 0 radical (unpaired) electrons. The first kappa shape index (κ1) is 11.1. The quantitative estimate of drug-likeness (QED) is 0.692. The predicted octanol–water partition coefficient (Wildman–Crippen LogP) is 1.43. The highest BCUT2D eigenvalue weighted by atomic mass is 32.2. The number of nitrogens with zero attached hydrogens (tertiary/aromatic N) is 2. The minimum atomic E-state index is 0.170. The van der Waals surface area contributed by atoms with Gasteiger partial charge in [-0.3, -0.25) is 0 Å². The van der Waals surface area contributed by atoms with Crippen LogP contribution in [-0.2, 0) is 0 Å². The van der Waals surface area contributed by atoms with Crippen molar-refractivity contribution >= 4 is 33.3 Å². The maximum atomic E-state index is 8.74. The van der Waals surface area contributed by atoms with E-state index in [1.807, 2.05) is 59.9 Å². The van der Waals surface area contributed by atoms with Gasteiger partial charge in [-0.15, -0.1) is 23.5 Å². The van der Waals surface area contributed by atoms with E-state index in [4.69, 9.17) is 10.5 Å². The summed E-state index contributed by atoms with van der Waals surface area (Å²) in [5.74, 6) is 2.32. The fraction of sp³-hybridized carbons (Fsp3) is 0.167. The van der Waals surface area contributed by atoms with Crippen molar-refractivity contribution in [3.05, 3.63) is 34.7 Å². The van der Waals surface area contributed by atoms with E-state index in [0.29, 0.717) is 5.22 Å². The van der Waals surface area contributed by atoms with Gasteiger partial charge in [0.2, 0.25) is 0 Å². The van der Waals surface area contributed by atoms with Crippen LogP contribution in [0, 0.1) is 22.7 Å². The molecule has 4 heteroatoms. The van der Waals surface area contributed by atoms with Gasteiger partial charge in [0.1, 0.15) is 17.7 Å². The molecule has 0 aliphatic carbocycles. The Bertz CT molecular complexity index is 558. The summed E-state index contributed by atoms with van der Waals surface area (Å²) < 4.78 is 1.34. The Labute approximate surface area is 102 Å². The molecule has 2 nitrogen and oxygen atoms in total. The molecule has 1 aromatic rings. The summed E-state index contributed by atoms with van der Waals surface area (Å²) in [6, 6.07) is 11.4. The Kier molecular flexibility index (Phi) is 3.56. The molecule has 0 saturated carbocycles. The Morgan fingerprint density at radius 3 is 2.06 bits per heavy atom. The minimum Gasteiger partial charge on any atom is -0.192 e. The van der Waals surface area contributed by atoms with E-state index in [9.17, 15) is 0 Å². The normalized spacial score (nSPS) is 14.2. The van der Waals surface area contributed by atoms with Crippen LogP contribution >= 0.6 is 23.5 Å². The molecule has 0 N–H and O–H groups in total. The lowest BCUT2D eigenvalue weighted by Gasteiger charge is -1.93. The third-order valence-electron chi connectivity index (χ3n) is 2.18. The van der Waals surface area contributed by atoms with Gasteiger partial charge in [-0.05, 0) is 5.22 Å². The van der Waals surface area contributed by atoms with Gasteiger partial charge < -0.3 is 0 Å². The first-order valence-corrected chi connectivity index (χ1v) is 6.73. The molecule has 16 heavy (non-hydrogen) atoms. The number of benzene rings is 1. The summed E-state index contributed by atoms with van der Waals surface area (Å²) in [5.41, 5.74) is 0.170. The Hall–Kier alpha value is -1.36. The first-order chi connectivity index (χ1) is 7.85. The lowest BCUT2D eigenvalue weighted by Crippen LogP contribution is -2.10. The molecule has 1 saturated heterocycles. The van der Waals surface area contributed by atoms with E-state index in [-0.39, 0.29) is 5.57 Å². The molecular formula is C12H8N2S2. The molecule has 1 aliphatic heterocycles. The van der Waals surface area contributed by atoms with Gasteiger partial charge in [0.15, 0.2) is 0 Å². The van der Waals surface area contributed by atoms with Crippen LogP contribution in [0.5, 0.6) is 0 Å². The molecule has 0 bridgehead atoms. The zero-order valence-electron chi connectivity index (χ0n) is 8.43. The number of hydrogen-bond acceptors (Lipinski definition) is 4. The van der Waals surface area contributed by atoms with Gasteiger partial charge in [-0.1, -0.05) is 24.3 Å². The largest absolute Gasteiger partial charge is 0.192 e. The second-order valence-electron chi connectivity index (χ2n) is 3.16. The zero-order chi connectivity index (χ0) is 11.4. The fourth-order valence-electron chi connectivity index (χ4n) is 1.40. The number of nitriles is 2. The monoisotopic (exact) mass is 244 g/mol. The summed E-state index contributed by atoms with van der Waals surface area (Å²) in [5, 5.41) is 19.4. The number of thioether (sulfide) groups is 2. The molecule has 1 fully saturated rings. The van der Waals surface area contributed by atoms with Gasteiger partial charge in [-0.25, -0.2) is 0 Å². The fourth-order valence-corrected chi connectivity index (χ4v) is 3.88. The van der Waals surface area contributed by atoms with E-state index >= 15 is 0 Å². The van der Waals surface area contributed by atoms with Gasteiger partial charge >= 0.3 is 0 Å². The highest BCUT2D eigenvalue weighted by Gasteiger charge is 2.07. The third kappa shape index (κ3) is 2.24. The van der Waals surface area contributed by atoms with Crippen LogP contribution in [0.2, 0.25) is 0 Å². The third-order valence-corrected chi connectivity index (χ3v) is 4.96. The molecular weight excluding hydrogens is 236 g/mol. The SMILES string of the molecule is N#CC(C#N)=c1ccc(=C2SCCS2)cc1. The highest BCUT2D eigenvalue weighted by molar-refractivity contribution is 8.32. The topological polar surface area (TPSA) is 47.6 Å². The summed E-state index contributed by atoms with van der Waals surface area (Å²) in [6.07, 6.45) is 0. The van der Waals surface area contributed by atoms with Gasteiger partial charge in [0, 0.05) is 21.0 Å². The smallest absolute Gasteiger partial charge is 0.136 e. The summed E-state index contributed by atoms with van der Waals surface area (Å²) in [6.45, 7) is 0. The summed E-state index contributed by atoms with van der Waals surface area (Å²) in [4.78, 5) is 0. The van der Waals surface area contributed by atoms with Crippen molar-refractivity contribution in [2.75, 3.05) is 11.5 Å². The van der Waals surface area contributed by atoms with Gasteiger partial charge in [0.05, 0.1) is 0 Å². The lowest BCUT2D eigenvalue weighted by molar-refractivity contribution is 1.48. The second kappa shape index (κ2) is 5.12. The van der Waals surface area contributed by atoms with Crippen molar-refractivity contribution in [3.8, 4) is 12.1 Å². The van der Waals surface area contributed by atoms with Gasteiger partial charge in [-0.2, -0.15) is 10.5 Å².